The van der Waals surface area contributed by atoms with E-state index in [1.54, 1.807) is 12.1 Å². The van der Waals surface area contributed by atoms with Crippen molar-refractivity contribution < 1.29 is 0 Å². The van der Waals surface area contributed by atoms with Crippen LogP contribution in [0.1, 0.15) is 5.56 Å². The molecule has 0 saturated heterocycles. The van der Waals surface area contributed by atoms with Gasteiger partial charge in [0.05, 0.1) is 21.9 Å². The van der Waals surface area contributed by atoms with Crippen LogP contribution in [0, 0.1) is 0 Å². The Labute approximate surface area is 160 Å². The monoisotopic (exact) mass is 393 g/mol. The molecule has 0 aliphatic carbocycles. The maximum atomic E-state index is 6.16. The van der Waals surface area contributed by atoms with E-state index in [0.717, 1.165) is 11.4 Å². The van der Waals surface area contributed by atoms with E-state index >= 15 is 0 Å². The minimum Gasteiger partial charge on any atom is -0.353 e. The summed E-state index contributed by atoms with van der Waals surface area (Å²) in [6.07, 6.45) is 2.33. The molecule has 1 aromatic heterocycles. The first-order chi connectivity index (χ1) is 12.1. The average Bonchev–Trinajstić information content (AvgIpc) is 2.61. The van der Waals surface area contributed by atoms with E-state index in [0.29, 0.717) is 34.0 Å². The van der Waals surface area contributed by atoms with Gasteiger partial charge in [-0.25, -0.2) is 0 Å². The van der Waals surface area contributed by atoms with E-state index in [1.165, 1.54) is 11.8 Å². The van der Waals surface area contributed by atoms with Crippen molar-refractivity contribution >= 4 is 52.3 Å². The second-order valence-corrected chi connectivity index (χ2v) is 6.42. The van der Waals surface area contributed by atoms with Crippen LogP contribution in [0.2, 0.25) is 15.1 Å². The van der Waals surface area contributed by atoms with Crippen molar-refractivity contribution in [2.24, 2.45) is 0 Å². The van der Waals surface area contributed by atoms with Gasteiger partial charge in [-0.15, -0.1) is 5.10 Å². The quantitative estimate of drug-likeness (QED) is 0.599. The fraction of sp³-hybridized carbons (Fsp3) is 0.118. The van der Waals surface area contributed by atoms with Gasteiger partial charge in [-0.3, -0.25) is 0 Å². The zero-order valence-corrected chi connectivity index (χ0v) is 15.3. The van der Waals surface area contributed by atoms with Crippen molar-refractivity contribution in [1.29, 1.82) is 0 Å². The Morgan fingerprint density at radius 3 is 2.56 bits per heavy atom. The lowest BCUT2D eigenvalue weighted by molar-refractivity contribution is 0.929. The first-order valence-electron chi connectivity index (χ1n) is 7.51. The molecule has 0 amide bonds. The van der Waals surface area contributed by atoms with Crippen molar-refractivity contribution in [3.05, 3.63) is 69.3 Å². The number of halogens is 3. The maximum absolute atomic E-state index is 6.16. The molecule has 8 heteroatoms. The van der Waals surface area contributed by atoms with Gasteiger partial charge in [-0.05, 0) is 36.2 Å². The van der Waals surface area contributed by atoms with Crippen molar-refractivity contribution in [1.82, 2.24) is 15.2 Å². The molecule has 0 unspecified atom stereocenters. The summed E-state index contributed by atoms with van der Waals surface area (Å²) >= 11 is 18.0. The molecule has 0 fully saturated rings. The van der Waals surface area contributed by atoms with Crippen molar-refractivity contribution in [3.8, 4) is 0 Å². The smallest absolute Gasteiger partial charge is 0.244 e. The van der Waals surface area contributed by atoms with E-state index in [-0.39, 0.29) is 0 Å². The van der Waals surface area contributed by atoms with Crippen molar-refractivity contribution in [2.75, 3.05) is 17.2 Å². The van der Waals surface area contributed by atoms with Crippen LogP contribution >= 0.6 is 34.8 Å². The van der Waals surface area contributed by atoms with E-state index in [9.17, 15) is 0 Å². The first-order valence-corrected chi connectivity index (χ1v) is 8.64. The highest BCUT2D eigenvalue weighted by molar-refractivity contribution is 6.43. The Kier molecular flexibility index (Phi) is 5.91. The van der Waals surface area contributed by atoms with Gasteiger partial charge in [-0.1, -0.05) is 53.0 Å². The number of nitrogens with zero attached hydrogens (tertiary/aromatic N) is 3. The third-order valence-corrected chi connectivity index (χ3v) is 4.45. The Bertz CT molecular complexity index is 855. The molecule has 2 aromatic carbocycles. The fourth-order valence-corrected chi connectivity index (χ4v) is 2.62. The molecular weight excluding hydrogens is 381 g/mol. The zero-order valence-electron chi connectivity index (χ0n) is 13.0. The summed E-state index contributed by atoms with van der Waals surface area (Å²) in [5, 5.41) is 15.8. The summed E-state index contributed by atoms with van der Waals surface area (Å²) in [6.45, 7) is 0.671. The van der Waals surface area contributed by atoms with E-state index < -0.39 is 0 Å². The molecule has 25 heavy (non-hydrogen) atoms. The van der Waals surface area contributed by atoms with Crippen LogP contribution in [0.25, 0.3) is 0 Å². The third kappa shape index (κ3) is 4.95. The summed E-state index contributed by atoms with van der Waals surface area (Å²) in [7, 11) is 0. The van der Waals surface area contributed by atoms with Gasteiger partial charge in [0.25, 0.3) is 0 Å². The Balaban J connectivity index is 1.61. The zero-order chi connectivity index (χ0) is 17.6. The third-order valence-electron chi connectivity index (χ3n) is 3.38. The number of rotatable bonds is 6. The molecule has 5 nitrogen and oxygen atoms in total. The topological polar surface area (TPSA) is 62.7 Å². The molecule has 0 bridgehead atoms. The predicted molar refractivity (Wildman–Crippen MR) is 103 cm³/mol. The molecule has 0 saturated carbocycles. The molecule has 128 valence electrons. The standard InChI is InChI=1S/C17H14Cl3N5/c18-12-6-4-11(5-7-12)8-9-21-17-24-15(10-22-25-17)23-14-3-1-2-13(19)16(14)20/h1-7,10H,8-9H2,(H2,21,23,24,25). The summed E-state index contributed by atoms with van der Waals surface area (Å²) in [4.78, 5) is 4.37. The van der Waals surface area contributed by atoms with E-state index in [4.69, 9.17) is 34.8 Å². The molecule has 0 atom stereocenters. The summed E-state index contributed by atoms with van der Waals surface area (Å²) in [6, 6.07) is 13.0. The van der Waals surface area contributed by atoms with Gasteiger partial charge < -0.3 is 10.6 Å². The highest BCUT2D eigenvalue weighted by Gasteiger charge is 2.06. The van der Waals surface area contributed by atoms with E-state index in [2.05, 4.69) is 25.8 Å². The first kappa shape index (κ1) is 17.7. The van der Waals surface area contributed by atoms with Crippen LogP contribution in [0.4, 0.5) is 17.5 Å². The second kappa shape index (κ2) is 8.34. The largest absolute Gasteiger partial charge is 0.353 e. The Morgan fingerprint density at radius 2 is 1.76 bits per heavy atom. The van der Waals surface area contributed by atoms with Crippen LogP contribution in [0.3, 0.4) is 0 Å². The summed E-state index contributed by atoms with van der Waals surface area (Å²) < 4.78 is 0. The second-order valence-electron chi connectivity index (χ2n) is 5.19. The van der Waals surface area contributed by atoms with Crippen molar-refractivity contribution in [2.45, 2.75) is 6.42 Å². The predicted octanol–water partition coefficient (Wildman–Crippen LogP) is 5.23. The van der Waals surface area contributed by atoms with Crippen LogP contribution in [-0.2, 0) is 6.42 Å². The molecule has 3 rings (SSSR count). The van der Waals surface area contributed by atoms with Gasteiger partial charge in [0.2, 0.25) is 5.95 Å². The molecule has 3 aromatic rings. The van der Waals surface area contributed by atoms with Gasteiger partial charge in [0.15, 0.2) is 5.82 Å². The number of hydrogen-bond acceptors (Lipinski definition) is 5. The molecule has 0 aliphatic rings. The van der Waals surface area contributed by atoms with Crippen LogP contribution in [0.5, 0.6) is 0 Å². The normalized spacial score (nSPS) is 10.5. The lowest BCUT2D eigenvalue weighted by atomic mass is 10.1. The van der Waals surface area contributed by atoms with Crippen LogP contribution in [0.15, 0.2) is 48.7 Å². The number of anilines is 3. The SMILES string of the molecule is Clc1ccc(CCNc2nncc(Nc3cccc(Cl)c3Cl)n2)cc1. The minimum atomic E-state index is 0.428. The molecule has 0 radical (unpaired) electrons. The molecule has 0 aliphatic heterocycles. The van der Waals surface area contributed by atoms with Gasteiger partial charge >= 0.3 is 0 Å². The lowest BCUT2D eigenvalue weighted by Gasteiger charge is -2.09. The summed E-state index contributed by atoms with van der Waals surface area (Å²) in [5.41, 5.74) is 1.83. The van der Waals surface area contributed by atoms with Gasteiger partial charge in [0, 0.05) is 11.6 Å². The van der Waals surface area contributed by atoms with Gasteiger partial charge in [-0.2, -0.15) is 10.1 Å². The van der Waals surface area contributed by atoms with E-state index in [1.807, 2.05) is 30.3 Å². The highest BCUT2D eigenvalue weighted by Crippen LogP contribution is 2.31. The van der Waals surface area contributed by atoms with Crippen LogP contribution in [-0.4, -0.2) is 21.7 Å². The molecule has 1 heterocycles. The fourth-order valence-electron chi connectivity index (χ4n) is 2.15. The summed E-state index contributed by atoms with van der Waals surface area (Å²) in [5.74, 6) is 0.949. The maximum Gasteiger partial charge on any atom is 0.244 e. The highest BCUT2D eigenvalue weighted by atomic mass is 35.5. The molecule has 2 N–H and O–H groups in total. The molecular formula is C17H14Cl3N5. The number of aromatic nitrogens is 3. The molecule has 0 spiro atoms. The van der Waals surface area contributed by atoms with Crippen molar-refractivity contribution in [3.63, 3.8) is 0 Å². The Hall–Kier alpha value is -2.08. The minimum absolute atomic E-state index is 0.428. The van der Waals surface area contributed by atoms with Gasteiger partial charge in [0.1, 0.15) is 0 Å². The Morgan fingerprint density at radius 1 is 0.960 bits per heavy atom. The number of hydrogen-bond donors (Lipinski definition) is 2. The number of nitrogens with one attached hydrogen (secondary N) is 2. The average molecular weight is 395 g/mol. The van der Waals surface area contributed by atoms with Crippen LogP contribution < -0.4 is 10.6 Å². The number of benzene rings is 2. The lowest BCUT2D eigenvalue weighted by Crippen LogP contribution is -2.09.